The van der Waals surface area contributed by atoms with E-state index in [-0.39, 0.29) is 5.78 Å². The van der Waals surface area contributed by atoms with Crippen molar-refractivity contribution in [3.63, 3.8) is 0 Å². The zero-order chi connectivity index (χ0) is 21.4. The fraction of sp³-hybridized carbons (Fsp3) is 0.636. The first kappa shape index (κ1) is 21.3. The number of furan rings is 1. The van der Waals surface area contributed by atoms with Crippen LogP contribution in [0.4, 0.5) is 0 Å². The van der Waals surface area contributed by atoms with Gasteiger partial charge in [-0.3, -0.25) is 19.2 Å². The number of carbonyl (C=O) groups is 4. The van der Waals surface area contributed by atoms with Crippen molar-refractivity contribution in [2.75, 3.05) is 0 Å². The molecule has 158 valence electrons. The summed E-state index contributed by atoms with van der Waals surface area (Å²) in [5.41, 5.74) is -0.824. The molecule has 1 saturated carbocycles. The number of hydrogen-bond acceptors (Lipinski definition) is 7. The first-order valence-corrected chi connectivity index (χ1v) is 10.0. The van der Waals surface area contributed by atoms with Crippen molar-refractivity contribution < 1.29 is 33.1 Å². The number of carbonyl (C=O) groups excluding carboxylic acids is 4. The Hall–Kier alpha value is -2.44. The lowest BCUT2D eigenvalue weighted by Crippen LogP contribution is -2.54. The van der Waals surface area contributed by atoms with Crippen LogP contribution in [0.2, 0.25) is 0 Å². The number of ketones is 2. The number of cyclic esters (lactones) is 1. The molecule has 29 heavy (non-hydrogen) atoms. The van der Waals surface area contributed by atoms with Crippen LogP contribution in [-0.2, 0) is 35.1 Å². The normalized spacial score (nSPS) is 32.2. The van der Waals surface area contributed by atoms with Gasteiger partial charge < -0.3 is 13.9 Å². The van der Waals surface area contributed by atoms with Gasteiger partial charge >= 0.3 is 11.9 Å². The van der Waals surface area contributed by atoms with Gasteiger partial charge in [0.2, 0.25) is 0 Å². The van der Waals surface area contributed by atoms with Gasteiger partial charge in [0, 0.05) is 24.7 Å². The fourth-order valence-corrected chi connectivity index (χ4v) is 5.21. The third-order valence-corrected chi connectivity index (χ3v) is 6.65. The Morgan fingerprint density at radius 2 is 1.97 bits per heavy atom. The van der Waals surface area contributed by atoms with Gasteiger partial charge in [-0.1, -0.05) is 13.3 Å². The lowest BCUT2D eigenvalue weighted by molar-refractivity contribution is -0.168. The average Bonchev–Trinajstić information content (AvgIpc) is 3.24. The first-order valence-electron chi connectivity index (χ1n) is 10.0. The monoisotopic (exact) mass is 404 g/mol. The van der Waals surface area contributed by atoms with E-state index in [9.17, 15) is 19.2 Å². The van der Waals surface area contributed by atoms with E-state index in [0.29, 0.717) is 32.1 Å². The lowest BCUT2D eigenvalue weighted by atomic mass is 9.53. The van der Waals surface area contributed by atoms with Crippen LogP contribution in [0.15, 0.2) is 23.0 Å². The quantitative estimate of drug-likeness (QED) is 0.644. The minimum Gasteiger partial charge on any atom is -0.472 e. The molecule has 1 aromatic rings. The van der Waals surface area contributed by atoms with E-state index in [4.69, 9.17) is 13.9 Å². The summed E-state index contributed by atoms with van der Waals surface area (Å²) in [5.74, 6) is -1.98. The molecule has 1 saturated heterocycles. The summed E-state index contributed by atoms with van der Waals surface area (Å²) in [7, 11) is 0. The molecule has 0 radical (unpaired) electrons. The van der Waals surface area contributed by atoms with Crippen LogP contribution >= 0.6 is 0 Å². The highest BCUT2D eigenvalue weighted by atomic mass is 16.6. The maximum absolute atomic E-state index is 13.4. The number of esters is 2. The van der Waals surface area contributed by atoms with Crippen molar-refractivity contribution in [1.82, 2.24) is 0 Å². The summed E-state index contributed by atoms with van der Waals surface area (Å²) in [6, 6.07) is 1.82. The molecule has 1 aromatic heterocycles. The van der Waals surface area contributed by atoms with Crippen LogP contribution in [0.1, 0.15) is 58.9 Å². The molecule has 0 bridgehead atoms. The summed E-state index contributed by atoms with van der Waals surface area (Å²) in [5, 5.41) is 0. The van der Waals surface area contributed by atoms with Gasteiger partial charge in [-0.15, -0.1) is 0 Å². The number of fused-ring (bicyclic) bond motifs is 1. The molecule has 2 aliphatic rings. The second kappa shape index (κ2) is 7.76. The second-order valence-electron chi connectivity index (χ2n) is 8.73. The molecule has 1 aliphatic heterocycles. The third kappa shape index (κ3) is 3.74. The Morgan fingerprint density at radius 1 is 1.24 bits per heavy atom. The highest BCUT2D eigenvalue weighted by Crippen LogP contribution is 2.59. The van der Waals surface area contributed by atoms with Crippen LogP contribution in [0.5, 0.6) is 0 Å². The van der Waals surface area contributed by atoms with E-state index in [1.807, 2.05) is 13.0 Å². The molecule has 2 fully saturated rings. The highest BCUT2D eigenvalue weighted by Gasteiger charge is 2.66. The summed E-state index contributed by atoms with van der Waals surface area (Å²) in [4.78, 5) is 50.0. The predicted octanol–water partition coefficient (Wildman–Crippen LogP) is 3.04. The molecule has 3 rings (SSSR count). The summed E-state index contributed by atoms with van der Waals surface area (Å²) in [6.07, 6.45) is 3.71. The number of hydrogen-bond donors (Lipinski definition) is 0. The van der Waals surface area contributed by atoms with Crippen molar-refractivity contribution >= 4 is 23.5 Å². The molecule has 0 aromatic carbocycles. The second-order valence-corrected chi connectivity index (χ2v) is 8.73. The van der Waals surface area contributed by atoms with Gasteiger partial charge in [0.25, 0.3) is 0 Å². The Bertz CT molecular complexity index is 811. The lowest BCUT2D eigenvalue weighted by Gasteiger charge is -2.47. The number of rotatable bonds is 7. The minimum atomic E-state index is -1.21. The Balaban J connectivity index is 1.93. The molecule has 0 spiro atoms. The van der Waals surface area contributed by atoms with E-state index >= 15 is 0 Å². The molecule has 1 aliphatic carbocycles. The molecule has 7 heteroatoms. The smallest absolute Gasteiger partial charge is 0.312 e. The van der Waals surface area contributed by atoms with E-state index < -0.39 is 46.7 Å². The predicted molar refractivity (Wildman–Crippen MR) is 102 cm³/mol. The molecule has 7 nitrogen and oxygen atoms in total. The zero-order valence-corrected chi connectivity index (χ0v) is 17.4. The summed E-state index contributed by atoms with van der Waals surface area (Å²) in [6.45, 7) is 6.17. The van der Waals surface area contributed by atoms with Crippen LogP contribution in [0, 0.1) is 16.7 Å². The van der Waals surface area contributed by atoms with Crippen molar-refractivity contribution in [1.29, 1.82) is 0 Å². The minimum absolute atomic E-state index is 0.0167. The van der Waals surface area contributed by atoms with Gasteiger partial charge in [-0.25, -0.2) is 0 Å². The molecular weight excluding hydrogens is 376 g/mol. The molecule has 1 unspecified atom stereocenters. The molecule has 0 N–H and O–H groups in total. The van der Waals surface area contributed by atoms with Gasteiger partial charge in [-0.2, -0.15) is 0 Å². The van der Waals surface area contributed by atoms with Gasteiger partial charge in [0.05, 0.1) is 17.9 Å². The Labute approximate surface area is 170 Å². The molecule has 0 amide bonds. The first-order chi connectivity index (χ1) is 13.6. The zero-order valence-electron chi connectivity index (χ0n) is 17.4. The SMILES string of the molecule is CC(=O)OC(C(C)=O)[C@H]1OC(=O)[C@@]2(C)CCC[C@](C)(C(=O)CCc3ccoc3)[C@@H]12. The van der Waals surface area contributed by atoms with Gasteiger partial charge in [0.15, 0.2) is 18.0 Å². The van der Waals surface area contributed by atoms with Crippen molar-refractivity contribution in [3.05, 3.63) is 24.2 Å². The maximum atomic E-state index is 13.4. The van der Waals surface area contributed by atoms with Crippen LogP contribution < -0.4 is 0 Å². The fourth-order valence-electron chi connectivity index (χ4n) is 5.21. The van der Waals surface area contributed by atoms with E-state index in [2.05, 4.69) is 0 Å². The van der Waals surface area contributed by atoms with Crippen LogP contribution in [-0.4, -0.2) is 35.7 Å². The van der Waals surface area contributed by atoms with Gasteiger partial charge in [-0.05, 0) is 44.7 Å². The summed E-state index contributed by atoms with van der Waals surface area (Å²) >= 11 is 0. The van der Waals surface area contributed by atoms with Crippen molar-refractivity contribution in [2.24, 2.45) is 16.7 Å². The van der Waals surface area contributed by atoms with E-state index in [1.165, 1.54) is 13.8 Å². The topological polar surface area (TPSA) is 99.9 Å². The average molecular weight is 404 g/mol. The van der Waals surface area contributed by atoms with Crippen LogP contribution in [0.3, 0.4) is 0 Å². The molecule has 5 atom stereocenters. The Morgan fingerprint density at radius 3 is 2.55 bits per heavy atom. The largest absolute Gasteiger partial charge is 0.472 e. The molecule has 2 heterocycles. The molecular formula is C22H28O7. The number of ether oxygens (including phenoxy) is 2. The number of Topliss-reactive ketones (excluding diaryl/α,β-unsaturated/α-hetero) is 2. The highest BCUT2D eigenvalue weighted by molar-refractivity contribution is 5.90. The standard InChI is InChI=1S/C22H28O7/c1-13(23)17(28-14(2)24)18-19-21(3,9-5-10-22(19,4)20(26)29-18)16(25)7-6-15-8-11-27-12-15/h8,11-12,17-19H,5-7,9-10H2,1-4H3/t17?,18-,19-,21-,22+/m1/s1. The summed E-state index contributed by atoms with van der Waals surface area (Å²) < 4.78 is 15.9. The third-order valence-electron chi connectivity index (χ3n) is 6.65. The Kier molecular flexibility index (Phi) is 5.70. The van der Waals surface area contributed by atoms with E-state index in [0.717, 1.165) is 5.56 Å². The van der Waals surface area contributed by atoms with Gasteiger partial charge in [0.1, 0.15) is 5.78 Å². The van der Waals surface area contributed by atoms with E-state index in [1.54, 1.807) is 19.5 Å². The van der Waals surface area contributed by atoms with Crippen molar-refractivity contribution in [2.45, 2.75) is 72.0 Å². The maximum Gasteiger partial charge on any atom is 0.312 e. The van der Waals surface area contributed by atoms with Crippen molar-refractivity contribution in [3.8, 4) is 0 Å². The van der Waals surface area contributed by atoms with Crippen LogP contribution in [0.25, 0.3) is 0 Å². The number of aryl methyl sites for hydroxylation is 1.